The zero-order chi connectivity index (χ0) is 13.4. The lowest BCUT2D eigenvalue weighted by Gasteiger charge is -2.15. The Labute approximate surface area is 107 Å². The number of benzene rings is 1. The van der Waals surface area contributed by atoms with Crippen molar-refractivity contribution in [1.29, 1.82) is 0 Å². The van der Waals surface area contributed by atoms with Gasteiger partial charge in [-0.15, -0.1) is 0 Å². The highest BCUT2D eigenvalue weighted by molar-refractivity contribution is 5.97. The van der Waals surface area contributed by atoms with E-state index in [2.05, 4.69) is 5.32 Å². The summed E-state index contributed by atoms with van der Waals surface area (Å²) in [4.78, 5) is 23.1. The Balaban J connectivity index is 2.55. The molecule has 0 spiro atoms. The summed E-state index contributed by atoms with van der Waals surface area (Å²) in [6.07, 6.45) is 2.09. The van der Waals surface area contributed by atoms with Crippen molar-refractivity contribution in [2.75, 3.05) is 6.54 Å². The van der Waals surface area contributed by atoms with Crippen molar-refractivity contribution in [2.24, 2.45) is 11.5 Å². The molecule has 0 aromatic heterocycles. The summed E-state index contributed by atoms with van der Waals surface area (Å²) in [5.41, 5.74) is 11.2. The van der Waals surface area contributed by atoms with E-state index in [1.807, 2.05) is 6.07 Å². The molecule has 1 rings (SSSR count). The lowest BCUT2D eigenvalue weighted by atomic mass is 10.1. The number of amides is 2. The molecule has 18 heavy (non-hydrogen) atoms. The lowest BCUT2D eigenvalue weighted by molar-refractivity contribution is -0.120. The van der Waals surface area contributed by atoms with Crippen molar-refractivity contribution < 1.29 is 9.59 Å². The first-order valence-electron chi connectivity index (χ1n) is 6.00. The van der Waals surface area contributed by atoms with Crippen LogP contribution in [-0.4, -0.2) is 24.4 Å². The molecule has 0 aliphatic carbocycles. The molecule has 0 aliphatic rings. The fourth-order valence-corrected chi connectivity index (χ4v) is 1.61. The van der Waals surface area contributed by atoms with Crippen LogP contribution in [0.15, 0.2) is 30.3 Å². The number of carbonyl (C=O) groups excluding carboxylic acids is 2. The van der Waals surface area contributed by atoms with Gasteiger partial charge in [-0.05, 0) is 37.9 Å². The van der Waals surface area contributed by atoms with Crippen molar-refractivity contribution in [2.45, 2.75) is 25.3 Å². The molecular weight excluding hydrogens is 230 g/mol. The third-order valence-electron chi connectivity index (χ3n) is 2.63. The molecule has 1 atom stereocenters. The third-order valence-corrected chi connectivity index (χ3v) is 2.63. The van der Waals surface area contributed by atoms with E-state index in [1.165, 1.54) is 0 Å². The molecular formula is C13H19N3O2. The third kappa shape index (κ3) is 4.55. The second kappa shape index (κ2) is 7.45. The van der Waals surface area contributed by atoms with E-state index in [1.54, 1.807) is 24.3 Å². The predicted octanol–water partition coefficient (Wildman–Crippen LogP) is 0.399. The van der Waals surface area contributed by atoms with E-state index < -0.39 is 11.9 Å². The van der Waals surface area contributed by atoms with Crippen molar-refractivity contribution in [1.82, 2.24) is 5.32 Å². The standard InChI is InChI=1S/C13H19N3O2/c14-9-5-4-8-11(12(15)17)16-13(18)10-6-2-1-3-7-10/h1-3,6-7,11H,4-5,8-9,14H2,(H2,15,17)(H,16,18). The zero-order valence-electron chi connectivity index (χ0n) is 10.3. The minimum atomic E-state index is -0.635. The highest BCUT2D eigenvalue weighted by Crippen LogP contribution is 2.03. The van der Waals surface area contributed by atoms with Crippen LogP contribution in [-0.2, 0) is 4.79 Å². The van der Waals surface area contributed by atoms with Crippen LogP contribution >= 0.6 is 0 Å². The summed E-state index contributed by atoms with van der Waals surface area (Å²) < 4.78 is 0. The van der Waals surface area contributed by atoms with Gasteiger partial charge in [-0.25, -0.2) is 0 Å². The van der Waals surface area contributed by atoms with Crippen LogP contribution < -0.4 is 16.8 Å². The average Bonchev–Trinajstić information content (AvgIpc) is 2.38. The van der Waals surface area contributed by atoms with Crippen LogP contribution in [0, 0.1) is 0 Å². The fraction of sp³-hybridized carbons (Fsp3) is 0.385. The lowest BCUT2D eigenvalue weighted by Crippen LogP contribution is -2.44. The molecule has 5 heteroatoms. The molecule has 1 unspecified atom stereocenters. The Bertz CT molecular complexity index is 392. The van der Waals surface area contributed by atoms with E-state index in [0.717, 1.165) is 12.8 Å². The molecule has 0 bridgehead atoms. The zero-order valence-corrected chi connectivity index (χ0v) is 10.3. The maximum atomic E-state index is 11.8. The quantitative estimate of drug-likeness (QED) is 0.610. The Kier molecular flexibility index (Phi) is 5.87. The molecule has 5 N–H and O–H groups in total. The number of nitrogens with two attached hydrogens (primary N) is 2. The molecule has 1 aromatic carbocycles. The monoisotopic (exact) mass is 249 g/mol. The van der Waals surface area contributed by atoms with Gasteiger partial charge >= 0.3 is 0 Å². The molecule has 98 valence electrons. The highest BCUT2D eigenvalue weighted by atomic mass is 16.2. The average molecular weight is 249 g/mol. The van der Waals surface area contributed by atoms with Crippen LogP contribution in [0.3, 0.4) is 0 Å². The Hall–Kier alpha value is -1.88. The van der Waals surface area contributed by atoms with Crippen LogP contribution in [0.25, 0.3) is 0 Å². The number of hydrogen-bond donors (Lipinski definition) is 3. The van der Waals surface area contributed by atoms with E-state index in [4.69, 9.17) is 11.5 Å². The van der Waals surface area contributed by atoms with E-state index >= 15 is 0 Å². The SMILES string of the molecule is NCCCCC(NC(=O)c1ccccc1)C(N)=O. The summed E-state index contributed by atoms with van der Waals surface area (Å²) >= 11 is 0. The van der Waals surface area contributed by atoms with Crippen LogP contribution in [0.2, 0.25) is 0 Å². The van der Waals surface area contributed by atoms with E-state index in [-0.39, 0.29) is 5.91 Å². The van der Waals surface area contributed by atoms with Gasteiger partial charge in [-0.3, -0.25) is 9.59 Å². The largest absolute Gasteiger partial charge is 0.368 e. The van der Waals surface area contributed by atoms with Gasteiger partial charge in [-0.2, -0.15) is 0 Å². The van der Waals surface area contributed by atoms with Gasteiger partial charge in [-0.1, -0.05) is 18.2 Å². The molecule has 0 fully saturated rings. The number of nitrogens with one attached hydrogen (secondary N) is 1. The van der Waals surface area contributed by atoms with Crippen molar-refractivity contribution in [3.8, 4) is 0 Å². The predicted molar refractivity (Wildman–Crippen MR) is 69.8 cm³/mol. The van der Waals surface area contributed by atoms with Gasteiger partial charge in [0.1, 0.15) is 6.04 Å². The Morgan fingerprint density at radius 1 is 1.17 bits per heavy atom. The van der Waals surface area contributed by atoms with Gasteiger partial charge < -0.3 is 16.8 Å². The van der Waals surface area contributed by atoms with Crippen molar-refractivity contribution >= 4 is 11.8 Å². The van der Waals surface area contributed by atoms with E-state index in [0.29, 0.717) is 18.5 Å². The van der Waals surface area contributed by atoms with Gasteiger partial charge in [0.2, 0.25) is 5.91 Å². The molecule has 0 radical (unpaired) electrons. The molecule has 0 heterocycles. The Morgan fingerprint density at radius 2 is 1.83 bits per heavy atom. The number of hydrogen-bond acceptors (Lipinski definition) is 3. The number of rotatable bonds is 7. The minimum Gasteiger partial charge on any atom is -0.368 e. The first-order chi connectivity index (χ1) is 8.65. The van der Waals surface area contributed by atoms with Crippen molar-refractivity contribution in [3.63, 3.8) is 0 Å². The summed E-state index contributed by atoms with van der Waals surface area (Å²) in [5, 5.41) is 2.64. The molecule has 2 amide bonds. The normalized spacial score (nSPS) is 11.8. The van der Waals surface area contributed by atoms with Crippen LogP contribution in [0.1, 0.15) is 29.6 Å². The highest BCUT2D eigenvalue weighted by Gasteiger charge is 2.18. The smallest absolute Gasteiger partial charge is 0.251 e. The maximum absolute atomic E-state index is 11.8. The summed E-state index contributed by atoms with van der Waals surface area (Å²) in [5.74, 6) is -0.802. The minimum absolute atomic E-state index is 0.285. The van der Waals surface area contributed by atoms with Gasteiger partial charge in [0, 0.05) is 5.56 Å². The van der Waals surface area contributed by atoms with Crippen LogP contribution in [0.5, 0.6) is 0 Å². The Morgan fingerprint density at radius 3 is 2.39 bits per heavy atom. The number of primary amides is 1. The fourth-order valence-electron chi connectivity index (χ4n) is 1.61. The van der Waals surface area contributed by atoms with Crippen LogP contribution in [0.4, 0.5) is 0 Å². The first kappa shape index (κ1) is 14.2. The molecule has 0 aliphatic heterocycles. The molecule has 0 saturated heterocycles. The second-order valence-corrected chi connectivity index (χ2v) is 4.08. The molecule has 0 saturated carbocycles. The van der Waals surface area contributed by atoms with Crippen molar-refractivity contribution in [3.05, 3.63) is 35.9 Å². The number of unbranched alkanes of at least 4 members (excludes halogenated alkanes) is 1. The number of carbonyl (C=O) groups is 2. The van der Waals surface area contributed by atoms with Gasteiger partial charge in [0.05, 0.1) is 0 Å². The maximum Gasteiger partial charge on any atom is 0.251 e. The summed E-state index contributed by atoms with van der Waals surface area (Å²) in [6, 6.07) is 8.10. The summed E-state index contributed by atoms with van der Waals surface area (Å²) in [6.45, 7) is 0.568. The van der Waals surface area contributed by atoms with E-state index in [9.17, 15) is 9.59 Å². The topological polar surface area (TPSA) is 98.2 Å². The molecule has 5 nitrogen and oxygen atoms in total. The second-order valence-electron chi connectivity index (χ2n) is 4.08. The van der Waals surface area contributed by atoms with Gasteiger partial charge in [0.25, 0.3) is 5.91 Å². The molecule has 1 aromatic rings. The van der Waals surface area contributed by atoms with Gasteiger partial charge in [0.15, 0.2) is 0 Å². The summed E-state index contributed by atoms with van der Waals surface area (Å²) in [7, 11) is 0. The first-order valence-corrected chi connectivity index (χ1v) is 6.00.